The Morgan fingerprint density at radius 1 is 1.28 bits per heavy atom. The molecule has 1 aliphatic rings. The number of aromatic amines is 1. The Balaban J connectivity index is 1.60. The zero-order valence-electron chi connectivity index (χ0n) is 13.3. The summed E-state index contributed by atoms with van der Waals surface area (Å²) in [6, 6.07) is 9.67. The molecule has 0 saturated heterocycles. The van der Waals surface area contributed by atoms with E-state index in [0.29, 0.717) is 18.8 Å². The van der Waals surface area contributed by atoms with E-state index in [9.17, 15) is 19.5 Å². The van der Waals surface area contributed by atoms with Crippen LogP contribution in [-0.4, -0.2) is 46.5 Å². The zero-order valence-corrected chi connectivity index (χ0v) is 13.3. The number of para-hydroxylation sites is 1. The van der Waals surface area contributed by atoms with Gasteiger partial charge in [0.2, 0.25) is 0 Å². The van der Waals surface area contributed by atoms with Gasteiger partial charge in [0.1, 0.15) is 5.75 Å². The first-order valence-corrected chi connectivity index (χ1v) is 7.73. The Kier molecular flexibility index (Phi) is 4.69. The Labute approximate surface area is 143 Å². The van der Waals surface area contributed by atoms with Gasteiger partial charge in [-0.3, -0.25) is 19.4 Å². The average Bonchev–Trinajstić information content (AvgIpc) is 2.73. The topological polar surface area (TPSA) is 112 Å². The van der Waals surface area contributed by atoms with Gasteiger partial charge < -0.3 is 20.1 Å². The number of benzene rings is 1. The number of ether oxygens (including phenoxy) is 1. The second kappa shape index (κ2) is 7.08. The lowest BCUT2D eigenvalue weighted by Gasteiger charge is -2.20. The van der Waals surface area contributed by atoms with E-state index in [2.05, 4.69) is 10.3 Å². The second-order valence-electron chi connectivity index (χ2n) is 5.59. The number of nitrogens with zero attached hydrogens (tertiary/aromatic N) is 1. The molecule has 0 aliphatic carbocycles. The number of hydrogen-bond donors (Lipinski definition) is 3. The molecule has 0 unspecified atom stereocenters. The molecule has 0 saturated carbocycles. The highest BCUT2D eigenvalue weighted by atomic mass is 16.5. The molecule has 8 heteroatoms. The molecule has 0 spiro atoms. The minimum atomic E-state index is -0.568. The number of carbonyl (C=O) groups excluding carboxylic acids is 2. The number of fused-ring (bicyclic) bond motifs is 1. The lowest BCUT2D eigenvalue weighted by molar-refractivity contribution is -0.133. The van der Waals surface area contributed by atoms with Gasteiger partial charge in [0, 0.05) is 37.3 Å². The monoisotopic (exact) mass is 343 g/mol. The van der Waals surface area contributed by atoms with Gasteiger partial charge in [-0.05, 0) is 6.07 Å². The van der Waals surface area contributed by atoms with E-state index in [4.69, 9.17) is 4.74 Å². The van der Waals surface area contributed by atoms with Gasteiger partial charge in [-0.15, -0.1) is 0 Å². The highest BCUT2D eigenvalue weighted by Gasteiger charge is 2.21. The average molecular weight is 343 g/mol. The van der Waals surface area contributed by atoms with Gasteiger partial charge in [0.05, 0.1) is 5.56 Å². The molecule has 2 aromatic rings. The third-order valence-electron chi connectivity index (χ3n) is 3.80. The summed E-state index contributed by atoms with van der Waals surface area (Å²) in [6.07, 6.45) is 0. The predicted octanol–water partition coefficient (Wildman–Crippen LogP) is 0.231. The number of carbonyl (C=O) groups is 2. The largest absolute Gasteiger partial charge is 0.494 e. The van der Waals surface area contributed by atoms with E-state index in [-0.39, 0.29) is 30.5 Å². The van der Waals surface area contributed by atoms with E-state index < -0.39 is 11.5 Å². The molecule has 0 radical (unpaired) electrons. The Morgan fingerprint density at radius 2 is 2.08 bits per heavy atom. The van der Waals surface area contributed by atoms with Gasteiger partial charge in [0.25, 0.3) is 17.4 Å². The minimum Gasteiger partial charge on any atom is -0.494 e. The minimum absolute atomic E-state index is 0.0487. The standard InChI is InChI=1S/C17H17N3O5/c21-14-7-12(8-15(22)19-14)17(24)18-5-6-20-9-11-3-1-2-4-13(11)25-10-16(20)23/h1-4,7-8H,5-6,9-10H2,(H,18,24)(H2,19,21,22). The normalized spacial score (nSPS) is 13.6. The molecule has 0 atom stereocenters. The third-order valence-corrected chi connectivity index (χ3v) is 3.80. The van der Waals surface area contributed by atoms with Gasteiger partial charge in [-0.25, -0.2) is 0 Å². The highest BCUT2D eigenvalue weighted by Crippen LogP contribution is 2.22. The van der Waals surface area contributed by atoms with Gasteiger partial charge in [0.15, 0.2) is 12.5 Å². The van der Waals surface area contributed by atoms with Crippen molar-refractivity contribution in [3.05, 3.63) is 57.9 Å². The van der Waals surface area contributed by atoms with Crippen LogP contribution in [-0.2, 0) is 11.3 Å². The number of aromatic nitrogens is 1. The molecule has 1 aliphatic heterocycles. The van der Waals surface area contributed by atoms with Crippen LogP contribution in [0.3, 0.4) is 0 Å². The van der Waals surface area contributed by atoms with Crippen LogP contribution in [0.15, 0.2) is 41.2 Å². The predicted molar refractivity (Wildman–Crippen MR) is 88.4 cm³/mol. The first-order chi connectivity index (χ1) is 12.0. The summed E-state index contributed by atoms with van der Waals surface area (Å²) >= 11 is 0. The molecule has 0 bridgehead atoms. The number of H-pyrrole nitrogens is 1. The maximum atomic E-state index is 12.1. The van der Waals surface area contributed by atoms with Crippen molar-refractivity contribution >= 4 is 11.8 Å². The Morgan fingerprint density at radius 3 is 2.88 bits per heavy atom. The maximum Gasteiger partial charge on any atom is 0.260 e. The summed E-state index contributed by atoms with van der Waals surface area (Å²) in [5, 5.41) is 12.0. The van der Waals surface area contributed by atoms with Crippen LogP contribution in [0, 0.1) is 0 Å². The number of hydrogen-bond acceptors (Lipinski definition) is 5. The fourth-order valence-corrected chi connectivity index (χ4v) is 2.57. The van der Waals surface area contributed by atoms with Crippen molar-refractivity contribution in [1.82, 2.24) is 15.2 Å². The molecule has 0 fully saturated rings. The summed E-state index contributed by atoms with van der Waals surface area (Å²) in [5.74, 6) is -0.366. The van der Waals surface area contributed by atoms with E-state index in [1.165, 1.54) is 0 Å². The molecule has 8 nitrogen and oxygen atoms in total. The second-order valence-corrected chi connectivity index (χ2v) is 5.59. The van der Waals surface area contributed by atoms with E-state index >= 15 is 0 Å². The van der Waals surface area contributed by atoms with Crippen LogP contribution in [0.4, 0.5) is 0 Å². The SMILES string of the molecule is O=C(NCCN1Cc2ccccc2OCC1=O)c1cc(O)[nH]c(=O)c1. The fourth-order valence-electron chi connectivity index (χ4n) is 2.57. The smallest absolute Gasteiger partial charge is 0.260 e. The van der Waals surface area contributed by atoms with E-state index in [1.807, 2.05) is 24.3 Å². The summed E-state index contributed by atoms with van der Waals surface area (Å²) in [7, 11) is 0. The zero-order chi connectivity index (χ0) is 17.8. The van der Waals surface area contributed by atoms with E-state index in [0.717, 1.165) is 17.7 Å². The van der Waals surface area contributed by atoms with Crippen LogP contribution in [0.1, 0.15) is 15.9 Å². The van der Waals surface area contributed by atoms with Gasteiger partial charge in [-0.2, -0.15) is 0 Å². The van der Waals surface area contributed by atoms with Gasteiger partial charge >= 0.3 is 0 Å². The fraction of sp³-hybridized carbons (Fsp3) is 0.235. The number of rotatable bonds is 4. The van der Waals surface area contributed by atoms with Crippen molar-refractivity contribution < 1.29 is 19.4 Å². The number of aromatic hydroxyl groups is 1. The first kappa shape index (κ1) is 16.6. The Hall–Kier alpha value is -3.29. The van der Waals surface area contributed by atoms with Crippen molar-refractivity contribution in [3.8, 4) is 11.6 Å². The van der Waals surface area contributed by atoms with E-state index in [1.54, 1.807) is 4.90 Å². The molecule has 2 amide bonds. The van der Waals surface area contributed by atoms with Crippen molar-refractivity contribution in [2.45, 2.75) is 6.54 Å². The summed E-state index contributed by atoms with van der Waals surface area (Å²) in [5.41, 5.74) is 0.387. The van der Waals surface area contributed by atoms with Crippen LogP contribution in [0.25, 0.3) is 0 Å². The van der Waals surface area contributed by atoms with Crippen LogP contribution >= 0.6 is 0 Å². The van der Waals surface area contributed by atoms with Crippen molar-refractivity contribution in [3.63, 3.8) is 0 Å². The highest BCUT2D eigenvalue weighted by molar-refractivity contribution is 5.94. The van der Waals surface area contributed by atoms with Crippen molar-refractivity contribution in [2.75, 3.05) is 19.7 Å². The molecule has 3 N–H and O–H groups in total. The summed E-state index contributed by atoms with van der Waals surface area (Å²) < 4.78 is 5.47. The van der Waals surface area contributed by atoms with Gasteiger partial charge in [-0.1, -0.05) is 18.2 Å². The molecule has 1 aromatic carbocycles. The summed E-state index contributed by atoms with van der Waals surface area (Å²) in [4.78, 5) is 39.2. The molecular weight excluding hydrogens is 326 g/mol. The maximum absolute atomic E-state index is 12.1. The summed E-state index contributed by atoms with van der Waals surface area (Å²) in [6.45, 7) is 0.862. The van der Waals surface area contributed by atoms with Crippen LogP contribution < -0.4 is 15.6 Å². The number of amides is 2. The third kappa shape index (κ3) is 3.97. The van der Waals surface area contributed by atoms with Crippen LogP contribution in [0.2, 0.25) is 0 Å². The lowest BCUT2D eigenvalue weighted by Crippen LogP contribution is -2.39. The molecule has 1 aromatic heterocycles. The number of pyridine rings is 1. The first-order valence-electron chi connectivity index (χ1n) is 7.73. The number of nitrogens with one attached hydrogen (secondary N) is 2. The molecule has 2 heterocycles. The molecule has 3 rings (SSSR count). The molecule has 130 valence electrons. The quantitative estimate of drug-likeness (QED) is 0.736. The van der Waals surface area contributed by atoms with Crippen LogP contribution in [0.5, 0.6) is 11.6 Å². The molecule has 25 heavy (non-hydrogen) atoms. The van der Waals surface area contributed by atoms with Crippen molar-refractivity contribution in [1.29, 1.82) is 0 Å². The molecular formula is C17H17N3O5. The Bertz CT molecular complexity index is 861. The lowest BCUT2D eigenvalue weighted by atomic mass is 10.2. The van der Waals surface area contributed by atoms with Crippen molar-refractivity contribution in [2.24, 2.45) is 0 Å².